The molecule has 0 fully saturated rings. The molecule has 4 nitrogen and oxygen atoms in total. The van der Waals surface area contributed by atoms with Crippen molar-refractivity contribution >= 4 is 46.6 Å². The Hall–Kier alpha value is -1.75. The number of amides is 2. The van der Waals surface area contributed by atoms with Crippen LogP contribution in [0, 0.1) is 0 Å². The third-order valence-electron chi connectivity index (χ3n) is 4.32. The Balaban J connectivity index is 2.26. The van der Waals surface area contributed by atoms with Crippen LogP contribution in [0.2, 0.25) is 15.1 Å². The highest BCUT2D eigenvalue weighted by atomic mass is 35.5. The number of carbonyl (C=O) groups excluding carboxylic acids is 2. The molecule has 0 bridgehead atoms. The quantitative estimate of drug-likeness (QED) is 0.617. The van der Waals surface area contributed by atoms with Gasteiger partial charge in [-0.25, -0.2) is 0 Å². The second kappa shape index (κ2) is 10.7. The summed E-state index contributed by atoms with van der Waals surface area (Å²) < 4.78 is 0. The minimum atomic E-state index is -0.648. The maximum absolute atomic E-state index is 13.1. The Bertz CT molecular complexity index is 842. The number of rotatable bonds is 8. The Morgan fingerprint density at radius 1 is 1.07 bits per heavy atom. The van der Waals surface area contributed by atoms with Crippen LogP contribution in [0.4, 0.5) is 0 Å². The van der Waals surface area contributed by atoms with Crippen molar-refractivity contribution < 1.29 is 9.59 Å². The van der Waals surface area contributed by atoms with E-state index in [1.54, 1.807) is 43.3 Å². The van der Waals surface area contributed by atoms with Crippen LogP contribution < -0.4 is 5.32 Å². The zero-order chi connectivity index (χ0) is 20.7. The molecule has 0 heterocycles. The third-order valence-corrected chi connectivity index (χ3v) is 5.14. The smallest absolute Gasteiger partial charge is 0.242 e. The fourth-order valence-corrected chi connectivity index (χ4v) is 3.42. The van der Waals surface area contributed by atoms with Crippen LogP contribution in [-0.4, -0.2) is 29.3 Å². The topological polar surface area (TPSA) is 49.4 Å². The molecule has 28 heavy (non-hydrogen) atoms. The van der Waals surface area contributed by atoms with Gasteiger partial charge in [0.25, 0.3) is 0 Å². The Kier molecular flexibility index (Phi) is 8.61. The summed E-state index contributed by atoms with van der Waals surface area (Å²) >= 11 is 18.3. The lowest BCUT2D eigenvalue weighted by Crippen LogP contribution is -2.48. The largest absolute Gasteiger partial charge is 0.354 e. The first-order chi connectivity index (χ1) is 13.3. The molecule has 1 N–H and O–H groups in total. The van der Waals surface area contributed by atoms with Gasteiger partial charge in [-0.15, -0.1) is 0 Å². The molecule has 0 aliphatic rings. The van der Waals surface area contributed by atoms with Crippen LogP contribution in [0.15, 0.2) is 42.5 Å². The van der Waals surface area contributed by atoms with E-state index in [0.29, 0.717) is 21.6 Å². The molecule has 0 aliphatic heterocycles. The summed E-state index contributed by atoms with van der Waals surface area (Å²) in [5.41, 5.74) is 1.51. The molecule has 0 unspecified atom stereocenters. The molecule has 0 saturated heterocycles. The van der Waals surface area contributed by atoms with Crippen molar-refractivity contribution in [2.75, 3.05) is 6.54 Å². The molecule has 0 aliphatic carbocycles. The summed E-state index contributed by atoms with van der Waals surface area (Å²) in [4.78, 5) is 27.1. The lowest BCUT2D eigenvalue weighted by atomic mass is 10.1. The van der Waals surface area contributed by atoms with Gasteiger partial charge in [0.05, 0.1) is 6.42 Å². The van der Waals surface area contributed by atoms with Crippen LogP contribution in [0.3, 0.4) is 0 Å². The van der Waals surface area contributed by atoms with E-state index >= 15 is 0 Å². The van der Waals surface area contributed by atoms with E-state index in [4.69, 9.17) is 34.8 Å². The summed E-state index contributed by atoms with van der Waals surface area (Å²) in [6, 6.07) is 11.6. The maximum Gasteiger partial charge on any atom is 0.242 e. The SMILES string of the molecule is CCCNC(=O)[C@H](C)N(Cc1ccc(Cl)cc1Cl)C(=O)Cc1cccc(Cl)c1. The normalized spacial score (nSPS) is 11.8. The summed E-state index contributed by atoms with van der Waals surface area (Å²) in [5, 5.41) is 4.37. The average Bonchev–Trinajstić information content (AvgIpc) is 2.65. The number of nitrogens with zero attached hydrogens (tertiary/aromatic N) is 1. The Labute approximate surface area is 180 Å². The van der Waals surface area contributed by atoms with Gasteiger partial charge < -0.3 is 10.2 Å². The third kappa shape index (κ3) is 6.40. The van der Waals surface area contributed by atoms with Crippen LogP contribution in [0.25, 0.3) is 0 Å². The fraction of sp³-hybridized carbons (Fsp3) is 0.333. The first kappa shape index (κ1) is 22.5. The first-order valence-corrected chi connectivity index (χ1v) is 10.2. The molecule has 0 spiro atoms. The first-order valence-electron chi connectivity index (χ1n) is 9.07. The molecule has 0 aromatic heterocycles. The van der Waals surface area contributed by atoms with Crippen LogP contribution in [0.1, 0.15) is 31.4 Å². The summed E-state index contributed by atoms with van der Waals surface area (Å²) in [7, 11) is 0. The predicted octanol–water partition coefficient (Wildman–Crippen LogP) is 5.13. The number of hydrogen-bond donors (Lipinski definition) is 1. The molecular formula is C21H23Cl3N2O2. The van der Waals surface area contributed by atoms with Crippen molar-refractivity contribution in [3.63, 3.8) is 0 Å². The van der Waals surface area contributed by atoms with Gasteiger partial charge in [0.2, 0.25) is 11.8 Å². The standard InChI is InChI=1S/C21H23Cl3N2O2/c1-3-9-25-21(28)14(2)26(13-16-7-8-18(23)12-19(16)24)20(27)11-15-5-4-6-17(22)10-15/h4-8,10,12,14H,3,9,11,13H2,1-2H3,(H,25,28)/t14-/m0/s1. The van der Waals surface area contributed by atoms with E-state index in [-0.39, 0.29) is 24.8 Å². The monoisotopic (exact) mass is 440 g/mol. The Morgan fingerprint density at radius 3 is 2.43 bits per heavy atom. The number of hydrogen-bond acceptors (Lipinski definition) is 2. The average molecular weight is 442 g/mol. The molecule has 2 aromatic rings. The number of nitrogens with one attached hydrogen (secondary N) is 1. The van der Waals surface area contributed by atoms with E-state index in [2.05, 4.69) is 5.32 Å². The van der Waals surface area contributed by atoms with Crippen molar-refractivity contribution in [1.29, 1.82) is 0 Å². The van der Waals surface area contributed by atoms with E-state index in [9.17, 15) is 9.59 Å². The van der Waals surface area contributed by atoms with Gasteiger partial charge in [-0.1, -0.05) is 59.9 Å². The summed E-state index contributed by atoms with van der Waals surface area (Å²) in [6.07, 6.45) is 0.953. The van der Waals surface area contributed by atoms with E-state index in [0.717, 1.165) is 17.5 Å². The molecule has 0 radical (unpaired) electrons. The minimum Gasteiger partial charge on any atom is -0.354 e. The van der Waals surface area contributed by atoms with Gasteiger partial charge in [0.1, 0.15) is 6.04 Å². The van der Waals surface area contributed by atoms with E-state index < -0.39 is 6.04 Å². The van der Waals surface area contributed by atoms with E-state index in [1.165, 1.54) is 4.90 Å². The van der Waals surface area contributed by atoms with Crippen molar-refractivity contribution in [3.8, 4) is 0 Å². The van der Waals surface area contributed by atoms with Crippen molar-refractivity contribution in [3.05, 3.63) is 68.7 Å². The molecule has 2 rings (SSSR count). The Morgan fingerprint density at radius 2 is 1.79 bits per heavy atom. The number of benzene rings is 2. The van der Waals surface area contributed by atoms with Crippen molar-refractivity contribution in [1.82, 2.24) is 10.2 Å². The molecule has 1 atom stereocenters. The number of halogens is 3. The molecule has 2 amide bonds. The zero-order valence-electron chi connectivity index (χ0n) is 15.8. The highest BCUT2D eigenvalue weighted by molar-refractivity contribution is 6.35. The lowest BCUT2D eigenvalue weighted by Gasteiger charge is -2.29. The van der Waals surface area contributed by atoms with Gasteiger partial charge in [-0.2, -0.15) is 0 Å². The molecule has 0 saturated carbocycles. The maximum atomic E-state index is 13.1. The van der Waals surface area contributed by atoms with Crippen LogP contribution >= 0.6 is 34.8 Å². The minimum absolute atomic E-state index is 0.136. The zero-order valence-corrected chi connectivity index (χ0v) is 18.1. The molecular weight excluding hydrogens is 419 g/mol. The van der Waals surface area contributed by atoms with Gasteiger partial charge in [0, 0.05) is 28.2 Å². The summed E-state index contributed by atoms with van der Waals surface area (Å²) in [5.74, 6) is -0.390. The van der Waals surface area contributed by atoms with Crippen molar-refractivity contribution in [2.45, 2.75) is 39.3 Å². The number of carbonyl (C=O) groups is 2. The lowest BCUT2D eigenvalue weighted by molar-refractivity contribution is -0.140. The summed E-state index contributed by atoms with van der Waals surface area (Å²) in [6.45, 7) is 4.45. The molecule has 2 aromatic carbocycles. The highest BCUT2D eigenvalue weighted by Crippen LogP contribution is 2.24. The van der Waals surface area contributed by atoms with Gasteiger partial charge >= 0.3 is 0 Å². The predicted molar refractivity (Wildman–Crippen MR) is 115 cm³/mol. The van der Waals surface area contributed by atoms with E-state index in [1.807, 2.05) is 13.0 Å². The highest BCUT2D eigenvalue weighted by Gasteiger charge is 2.26. The van der Waals surface area contributed by atoms with Gasteiger partial charge in [-0.3, -0.25) is 9.59 Å². The second-order valence-corrected chi connectivity index (χ2v) is 7.81. The second-order valence-electron chi connectivity index (χ2n) is 6.53. The van der Waals surface area contributed by atoms with Crippen molar-refractivity contribution in [2.24, 2.45) is 0 Å². The van der Waals surface area contributed by atoms with Crippen LogP contribution in [0.5, 0.6) is 0 Å². The van der Waals surface area contributed by atoms with Gasteiger partial charge in [-0.05, 0) is 48.7 Å². The molecule has 7 heteroatoms. The van der Waals surface area contributed by atoms with Crippen LogP contribution in [-0.2, 0) is 22.6 Å². The van der Waals surface area contributed by atoms with Gasteiger partial charge in [0.15, 0.2) is 0 Å². The molecule has 150 valence electrons. The fourth-order valence-electron chi connectivity index (χ4n) is 2.74.